The Labute approximate surface area is 133 Å². The summed E-state index contributed by atoms with van der Waals surface area (Å²) < 4.78 is 0.884. The van der Waals surface area contributed by atoms with Gasteiger partial charge in [0.25, 0.3) is 0 Å². The van der Waals surface area contributed by atoms with Gasteiger partial charge in [0.2, 0.25) is 5.91 Å². The molecule has 0 spiro atoms. The number of anilines is 1. The van der Waals surface area contributed by atoms with E-state index < -0.39 is 0 Å². The van der Waals surface area contributed by atoms with Crippen LogP contribution in [0.2, 0.25) is 0 Å². The Balaban J connectivity index is 1.60. The standard InChI is InChI=1S/C15H21BrN4O/c1-10(21)17-9-11-4-6-20(7-5-11)14-8-13(16)18-15(19-14)12-2-3-12/h8,11-12H,2-7,9H2,1H3,(H,17,21). The van der Waals surface area contributed by atoms with E-state index in [9.17, 15) is 4.79 Å². The number of rotatable bonds is 4. The number of nitrogens with one attached hydrogen (secondary N) is 1. The van der Waals surface area contributed by atoms with E-state index >= 15 is 0 Å². The second-order valence-electron chi connectivity index (χ2n) is 6.05. The predicted octanol–water partition coefficient (Wildman–Crippen LogP) is 2.47. The lowest BCUT2D eigenvalue weighted by atomic mass is 9.97. The van der Waals surface area contributed by atoms with Crippen LogP contribution in [0, 0.1) is 5.92 Å². The molecule has 1 saturated carbocycles. The number of halogens is 1. The van der Waals surface area contributed by atoms with Gasteiger partial charge in [-0.1, -0.05) is 0 Å². The molecule has 0 radical (unpaired) electrons. The topological polar surface area (TPSA) is 58.1 Å². The maximum atomic E-state index is 11.0. The fraction of sp³-hybridized carbons (Fsp3) is 0.667. The van der Waals surface area contributed by atoms with Gasteiger partial charge in [-0.25, -0.2) is 9.97 Å². The highest BCUT2D eigenvalue weighted by Gasteiger charge is 2.28. The minimum Gasteiger partial charge on any atom is -0.356 e. The normalized spacial score (nSPS) is 19.6. The van der Waals surface area contributed by atoms with Gasteiger partial charge >= 0.3 is 0 Å². The van der Waals surface area contributed by atoms with E-state index in [4.69, 9.17) is 4.98 Å². The number of nitrogens with zero attached hydrogens (tertiary/aromatic N) is 3. The first-order valence-electron chi connectivity index (χ1n) is 7.65. The van der Waals surface area contributed by atoms with Gasteiger partial charge in [-0.3, -0.25) is 4.79 Å². The lowest BCUT2D eigenvalue weighted by Crippen LogP contribution is -2.38. The van der Waals surface area contributed by atoms with E-state index in [1.165, 1.54) is 12.8 Å². The van der Waals surface area contributed by atoms with Crippen molar-refractivity contribution < 1.29 is 4.79 Å². The van der Waals surface area contributed by atoms with Crippen LogP contribution in [-0.2, 0) is 4.79 Å². The van der Waals surface area contributed by atoms with Gasteiger partial charge in [-0.05, 0) is 47.5 Å². The Morgan fingerprint density at radius 1 is 1.33 bits per heavy atom. The third-order valence-electron chi connectivity index (χ3n) is 4.22. The molecule has 21 heavy (non-hydrogen) atoms. The first kappa shape index (κ1) is 14.8. The molecule has 0 unspecified atom stereocenters. The molecule has 0 aromatic carbocycles. The number of hydrogen-bond acceptors (Lipinski definition) is 4. The zero-order valence-corrected chi connectivity index (χ0v) is 13.9. The molecular formula is C15H21BrN4O. The van der Waals surface area contributed by atoms with E-state index in [-0.39, 0.29) is 5.91 Å². The predicted molar refractivity (Wildman–Crippen MR) is 85.3 cm³/mol. The van der Waals surface area contributed by atoms with Gasteiger partial charge < -0.3 is 10.2 Å². The highest BCUT2D eigenvalue weighted by atomic mass is 79.9. The van der Waals surface area contributed by atoms with Crippen molar-refractivity contribution >= 4 is 27.7 Å². The number of amides is 1. The Hall–Kier alpha value is -1.17. The summed E-state index contributed by atoms with van der Waals surface area (Å²) in [5.41, 5.74) is 0. The average molecular weight is 353 g/mol. The molecule has 1 aliphatic carbocycles. The second kappa shape index (κ2) is 6.30. The van der Waals surface area contributed by atoms with Gasteiger partial charge in [0, 0.05) is 38.5 Å². The van der Waals surface area contributed by atoms with Gasteiger partial charge in [-0.15, -0.1) is 0 Å². The van der Waals surface area contributed by atoms with E-state index in [1.54, 1.807) is 6.92 Å². The van der Waals surface area contributed by atoms with Crippen LogP contribution in [0.4, 0.5) is 5.82 Å². The molecule has 1 amide bonds. The molecule has 1 saturated heterocycles. The van der Waals surface area contributed by atoms with E-state index in [2.05, 4.69) is 31.1 Å². The maximum Gasteiger partial charge on any atom is 0.216 e. The molecule has 1 aliphatic heterocycles. The first-order chi connectivity index (χ1) is 10.1. The third-order valence-corrected chi connectivity index (χ3v) is 4.63. The van der Waals surface area contributed by atoms with E-state index in [1.807, 2.05) is 6.07 Å². The van der Waals surface area contributed by atoms with Crippen LogP contribution >= 0.6 is 15.9 Å². The van der Waals surface area contributed by atoms with Crippen LogP contribution in [0.25, 0.3) is 0 Å². The molecule has 1 aromatic heterocycles. The highest BCUT2D eigenvalue weighted by Crippen LogP contribution is 2.39. The summed E-state index contributed by atoms with van der Waals surface area (Å²) in [7, 11) is 0. The maximum absolute atomic E-state index is 11.0. The lowest BCUT2D eigenvalue weighted by Gasteiger charge is -2.33. The van der Waals surface area contributed by atoms with Crippen molar-refractivity contribution in [3.63, 3.8) is 0 Å². The van der Waals surface area contributed by atoms with Gasteiger partial charge in [0.05, 0.1) is 0 Å². The Morgan fingerprint density at radius 2 is 2.05 bits per heavy atom. The summed E-state index contributed by atoms with van der Waals surface area (Å²) >= 11 is 3.50. The summed E-state index contributed by atoms with van der Waals surface area (Å²) in [6.45, 7) is 4.37. The zero-order chi connectivity index (χ0) is 14.8. The van der Waals surface area contributed by atoms with Gasteiger partial charge in [0.1, 0.15) is 16.2 Å². The molecule has 6 heteroatoms. The van der Waals surface area contributed by atoms with Crippen molar-refractivity contribution in [2.45, 2.75) is 38.5 Å². The first-order valence-corrected chi connectivity index (χ1v) is 8.45. The molecule has 5 nitrogen and oxygen atoms in total. The summed E-state index contributed by atoms with van der Waals surface area (Å²) in [4.78, 5) is 22.5. The van der Waals surface area contributed by atoms with Crippen LogP contribution < -0.4 is 10.2 Å². The van der Waals surface area contributed by atoms with Crippen LogP contribution in [0.15, 0.2) is 10.7 Å². The van der Waals surface area contributed by atoms with Crippen molar-refractivity contribution in [2.75, 3.05) is 24.5 Å². The summed E-state index contributed by atoms with van der Waals surface area (Å²) in [5.74, 6) is 3.24. The number of carbonyl (C=O) groups is 1. The Kier molecular flexibility index (Phi) is 4.42. The molecular weight excluding hydrogens is 332 g/mol. The van der Waals surface area contributed by atoms with Crippen LogP contribution in [0.1, 0.15) is 44.3 Å². The number of aromatic nitrogens is 2. The largest absolute Gasteiger partial charge is 0.356 e. The van der Waals surface area contributed by atoms with Crippen molar-refractivity contribution in [1.82, 2.24) is 15.3 Å². The minimum absolute atomic E-state index is 0.0613. The van der Waals surface area contributed by atoms with E-state index in [0.29, 0.717) is 11.8 Å². The van der Waals surface area contributed by atoms with Crippen LogP contribution in [-0.4, -0.2) is 35.5 Å². The van der Waals surface area contributed by atoms with Crippen LogP contribution in [0.5, 0.6) is 0 Å². The Morgan fingerprint density at radius 3 is 2.67 bits per heavy atom. The highest BCUT2D eigenvalue weighted by molar-refractivity contribution is 9.10. The number of carbonyl (C=O) groups excluding carboxylic acids is 1. The monoisotopic (exact) mass is 352 g/mol. The number of hydrogen-bond donors (Lipinski definition) is 1. The van der Waals surface area contributed by atoms with Crippen molar-refractivity contribution in [1.29, 1.82) is 0 Å². The summed E-state index contributed by atoms with van der Waals surface area (Å²) in [6, 6.07) is 2.01. The fourth-order valence-corrected chi connectivity index (χ4v) is 3.15. The smallest absolute Gasteiger partial charge is 0.216 e. The van der Waals surface area contributed by atoms with Gasteiger partial charge in [0.15, 0.2) is 0 Å². The quantitative estimate of drug-likeness (QED) is 0.845. The summed E-state index contributed by atoms with van der Waals surface area (Å²) in [5, 5.41) is 2.92. The Bertz CT molecular complexity index is 524. The fourth-order valence-electron chi connectivity index (χ4n) is 2.76. The van der Waals surface area contributed by atoms with Crippen molar-refractivity contribution in [3.05, 3.63) is 16.5 Å². The zero-order valence-electron chi connectivity index (χ0n) is 12.3. The van der Waals surface area contributed by atoms with Crippen LogP contribution in [0.3, 0.4) is 0 Å². The third kappa shape index (κ3) is 3.93. The molecule has 114 valence electrons. The van der Waals surface area contributed by atoms with Crippen molar-refractivity contribution in [2.24, 2.45) is 5.92 Å². The average Bonchev–Trinajstić information content (AvgIpc) is 3.29. The molecule has 0 atom stereocenters. The molecule has 1 N–H and O–H groups in total. The SMILES string of the molecule is CC(=O)NCC1CCN(c2cc(Br)nc(C3CC3)n2)CC1. The molecule has 2 heterocycles. The van der Waals surface area contributed by atoms with Crippen molar-refractivity contribution in [3.8, 4) is 0 Å². The minimum atomic E-state index is 0.0613. The van der Waals surface area contributed by atoms with Gasteiger partial charge in [-0.2, -0.15) is 0 Å². The molecule has 0 bridgehead atoms. The molecule has 2 aliphatic rings. The molecule has 1 aromatic rings. The lowest BCUT2D eigenvalue weighted by molar-refractivity contribution is -0.119. The number of piperidine rings is 1. The summed E-state index contributed by atoms with van der Waals surface area (Å²) in [6.07, 6.45) is 4.63. The van der Waals surface area contributed by atoms with E-state index in [0.717, 1.165) is 48.7 Å². The molecule has 3 rings (SSSR count). The molecule has 2 fully saturated rings. The second-order valence-corrected chi connectivity index (χ2v) is 6.86.